The summed E-state index contributed by atoms with van der Waals surface area (Å²) in [7, 11) is 1.62. The van der Waals surface area contributed by atoms with Gasteiger partial charge in [0.05, 0.1) is 13.2 Å². The van der Waals surface area contributed by atoms with E-state index < -0.39 is 6.10 Å². The van der Waals surface area contributed by atoms with E-state index in [-0.39, 0.29) is 6.10 Å². The molecule has 2 aromatic carbocycles. The Morgan fingerprint density at radius 1 is 1.10 bits per heavy atom. The van der Waals surface area contributed by atoms with Gasteiger partial charge in [-0.15, -0.1) is 0 Å². The summed E-state index contributed by atoms with van der Waals surface area (Å²) in [5.41, 5.74) is 4.42. The van der Waals surface area contributed by atoms with E-state index >= 15 is 0 Å². The maximum Gasteiger partial charge on any atom is 0.127 e. The predicted octanol–water partition coefficient (Wildman–Crippen LogP) is 3.87. The van der Waals surface area contributed by atoms with Gasteiger partial charge in [0.2, 0.25) is 0 Å². The first-order valence-electron chi connectivity index (χ1n) is 7.18. The molecular weight excluding hydrogens is 264 g/mol. The van der Waals surface area contributed by atoms with Crippen LogP contribution in [0, 0.1) is 13.8 Å². The molecule has 21 heavy (non-hydrogen) atoms. The minimum absolute atomic E-state index is 0.111. The largest absolute Gasteiger partial charge is 0.497 e. The average Bonchev–Trinajstić information content (AvgIpc) is 2.49. The molecular formula is C18H20O3. The highest BCUT2D eigenvalue weighted by molar-refractivity contribution is 5.44. The molecule has 3 nitrogen and oxygen atoms in total. The van der Waals surface area contributed by atoms with Crippen molar-refractivity contribution in [3.8, 4) is 11.5 Å². The molecule has 0 aromatic heterocycles. The van der Waals surface area contributed by atoms with Crippen molar-refractivity contribution in [2.75, 3.05) is 7.11 Å². The van der Waals surface area contributed by atoms with Gasteiger partial charge in [0.25, 0.3) is 0 Å². The minimum Gasteiger partial charge on any atom is -0.497 e. The van der Waals surface area contributed by atoms with E-state index in [1.165, 1.54) is 11.1 Å². The van der Waals surface area contributed by atoms with Crippen LogP contribution in [-0.4, -0.2) is 12.2 Å². The predicted molar refractivity (Wildman–Crippen MR) is 81.9 cm³/mol. The fraction of sp³-hybridized carbons (Fsp3) is 0.333. The van der Waals surface area contributed by atoms with E-state index in [9.17, 15) is 5.11 Å². The number of aryl methyl sites for hydroxylation is 2. The van der Waals surface area contributed by atoms with Crippen molar-refractivity contribution in [1.82, 2.24) is 0 Å². The van der Waals surface area contributed by atoms with E-state index in [1.807, 2.05) is 18.2 Å². The summed E-state index contributed by atoms with van der Waals surface area (Å²) in [4.78, 5) is 0. The van der Waals surface area contributed by atoms with Gasteiger partial charge in [-0.05, 0) is 48.7 Å². The lowest BCUT2D eigenvalue weighted by Gasteiger charge is -2.30. The van der Waals surface area contributed by atoms with Gasteiger partial charge in [-0.25, -0.2) is 0 Å². The summed E-state index contributed by atoms with van der Waals surface area (Å²) in [6.45, 7) is 4.19. The number of methoxy groups -OCH3 is 1. The number of fused-ring (bicyclic) bond motifs is 1. The topological polar surface area (TPSA) is 38.7 Å². The lowest BCUT2D eigenvalue weighted by atomic mass is 9.93. The van der Waals surface area contributed by atoms with Crippen LogP contribution < -0.4 is 9.47 Å². The number of rotatable bonds is 2. The van der Waals surface area contributed by atoms with Gasteiger partial charge in [-0.2, -0.15) is 0 Å². The second kappa shape index (κ2) is 5.41. The zero-order chi connectivity index (χ0) is 15.0. The third-order valence-corrected chi connectivity index (χ3v) is 4.19. The Bertz CT molecular complexity index is 664. The number of hydrogen-bond acceptors (Lipinski definition) is 3. The standard InChI is InChI=1S/C18H20O3/c1-11-4-5-13(8-12(11)2)18-10-16(19)15-9-14(20-3)6-7-17(15)21-18/h4-9,16,18-19H,10H2,1-3H3. The van der Waals surface area contributed by atoms with Crippen molar-refractivity contribution in [1.29, 1.82) is 0 Å². The highest BCUT2D eigenvalue weighted by atomic mass is 16.5. The molecule has 1 N–H and O–H groups in total. The molecule has 1 aliphatic heterocycles. The Morgan fingerprint density at radius 2 is 1.90 bits per heavy atom. The van der Waals surface area contributed by atoms with Crippen LogP contribution >= 0.6 is 0 Å². The van der Waals surface area contributed by atoms with Crippen LogP contribution in [0.4, 0.5) is 0 Å². The molecule has 3 rings (SSSR count). The van der Waals surface area contributed by atoms with Crippen molar-refractivity contribution in [2.24, 2.45) is 0 Å². The maximum atomic E-state index is 10.4. The van der Waals surface area contributed by atoms with Gasteiger partial charge >= 0.3 is 0 Å². The number of benzene rings is 2. The second-order valence-corrected chi connectivity index (χ2v) is 5.61. The molecule has 0 radical (unpaired) electrons. The third-order valence-electron chi connectivity index (χ3n) is 4.19. The monoisotopic (exact) mass is 284 g/mol. The van der Waals surface area contributed by atoms with Gasteiger partial charge in [-0.3, -0.25) is 0 Å². The highest BCUT2D eigenvalue weighted by Crippen LogP contribution is 2.42. The first kappa shape index (κ1) is 14.0. The summed E-state index contributed by atoms with van der Waals surface area (Å²) in [6, 6.07) is 11.9. The number of aliphatic hydroxyl groups excluding tert-OH is 1. The molecule has 0 aliphatic carbocycles. The molecule has 0 saturated heterocycles. The second-order valence-electron chi connectivity index (χ2n) is 5.61. The van der Waals surface area contributed by atoms with Crippen molar-refractivity contribution < 1.29 is 14.6 Å². The molecule has 110 valence electrons. The lowest BCUT2D eigenvalue weighted by Crippen LogP contribution is -2.19. The van der Waals surface area contributed by atoms with Crippen molar-refractivity contribution in [2.45, 2.75) is 32.5 Å². The summed E-state index contributed by atoms with van der Waals surface area (Å²) >= 11 is 0. The minimum atomic E-state index is -0.532. The van der Waals surface area contributed by atoms with Crippen molar-refractivity contribution in [3.63, 3.8) is 0 Å². The molecule has 0 amide bonds. The number of aliphatic hydroxyl groups is 1. The molecule has 0 spiro atoms. The Kier molecular flexibility index (Phi) is 3.60. The van der Waals surface area contributed by atoms with E-state index in [1.54, 1.807) is 7.11 Å². The van der Waals surface area contributed by atoms with Crippen molar-refractivity contribution in [3.05, 3.63) is 58.7 Å². The van der Waals surface area contributed by atoms with Crippen molar-refractivity contribution >= 4 is 0 Å². The summed E-state index contributed by atoms with van der Waals surface area (Å²) in [5.74, 6) is 1.47. The van der Waals surface area contributed by atoms with Gasteiger partial charge in [-0.1, -0.05) is 18.2 Å². The SMILES string of the molecule is COc1ccc2c(c1)C(O)CC(c1ccc(C)c(C)c1)O2. The molecule has 3 heteroatoms. The quantitative estimate of drug-likeness (QED) is 0.910. The molecule has 0 saturated carbocycles. The fourth-order valence-electron chi connectivity index (χ4n) is 2.72. The Labute approximate surface area is 125 Å². The molecule has 0 fully saturated rings. The van der Waals surface area contributed by atoms with Crippen LogP contribution in [0.15, 0.2) is 36.4 Å². The van der Waals surface area contributed by atoms with Crippen LogP contribution in [0.25, 0.3) is 0 Å². The summed E-state index contributed by atoms with van der Waals surface area (Å²) in [5, 5.41) is 10.4. The zero-order valence-corrected chi connectivity index (χ0v) is 12.6. The number of hydrogen-bond donors (Lipinski definition) is 1. The van der Waals surface area contributed by atoms with Crippen LogP contribution in [0.1, 0.15) is 40.9 Å². The Morgan fingerprint density at radius 3 is 2.62 bits per heavy atom. The molecule has 2 atom stereocenters. The Balaban J connectivity index is 1.92. The number of ether oxygens (including phenoxy) is 2. The van der Waals surface area contributed by atoms with Crippen LogP contribution in [0.5, 0.6) is 11.5 Å². The molecule has 2 aromatic rings. The molecule has 1 heterocycles. The third kappa shape index (κ3) is 2.61. The van der Waals surface area contributed by atoms with Crippen LogP contribution in [0.2, 0.25) is 0 Å². The van der Waals surface area contributed by atoms with Crippen LogP contribution in [-0.2, 0) is 0 Å². The van der Waals surface area contributed by atoms with Gasteiger partial charge < -0.3 is 14.6 Å². The first-order chi connectivity index (χ1) is 10.1. The Hall–Kier alpha value is -2.00. The highest BCUT2D eigenvalue weighted by Gasteiger charge is 2.28. The van der Waals surface area contributed by atoms with Gasteiger partial charge in [0.1, 0.15) is 17.6 Å². The molecule has 2 unspecified atom stereocenters. The van der Waals surface area contributed by atoms with E-state index in [2.05, 4.69) is 32.0 Å². The normalized spacial score (nSPS) is 20.6. The van der Waals surface area contributed by atoms with E-state index in [4.69, 9.17) is 9.47 Å². The summed E-state index contributed by atoms with van der Waals surface area (Å²) < 4.78 is 11.3. The first-order valence-corrected chi connectivity index (χ1v) is 7.18. The van der Waals surface area contributed by atoms with E-state index in [0.29, 0.717) is 6.42 Å². The fourth-order valence-corrected chi connectivity index (χ4v) is 2.72. The van der Waals surface area contributed by atoms with Gasteiger partial charge in [0.15, 0.2) is 0 Å². The zero-order valence-electron chi connectivity index (χ0n) is 12.6. The molecule has 0 bridgehead atoms. The van der Waals surface area contributed by atoms with Crippen LogP contribution in [0.3, 0.4) is 0 Å². The molecule has 1 aliphatic rings. The average molecular weight is 284 g/mol. The maximum absolute atomic E-state index is 10.4. The van der Waals surface area contributed by atoms with Gasteiger partial charge in [0, 0.05) is 12.0 Å². The lowest BCUT2D eigenvalue weighted by molar-refractivity contribution is 0.0654. The smallest absolute Gasteiger partial charge is 0.127 e. The van der Waals surface area contributed by atoms with E-state index in [0.717, 1.165) is 22.6 Å². The summed E-state index contributed by atoms with van der Waals surface area (Å²) in [6.07, 6.45) is -0.0847.